The van der Waals surface area contributed by atoms with Gasteiger partial charge in [0, 0.05) is 33.8 Å². The molecule has 3 atom stereocenters. The number of benzene rings is 2. The van der Waals surface area contributed by atoms with E-state index in [1.54, 1.807) is 18.2 Å². The summed E-state index contributed by atoms with van der Waals surface area (Å²) in [7, 11) is 0. The molecule has 0 saturated carbocycles. The number of nitrogens with zero attached hydrogens (tertiary/aromatic N) is 1. The fourth-order valence-corrected chi connectivity index (χ4v) is 4.28. The summed E-state index contributed by atoms with van der Waals surface area (Å²) in [5, 5.41) is 15.8. The molecule has 1 heterocycles. The Morgan fingerprint density at radius 3 is 2.71 bits per heavy atom. The van der Waals surface area contributed by atoms with E-state index in [2.05, 4.69) is 17.5 Å². The molecule has 1 N–H and O–H groups in total. The first-order valence-corrected chi connectivity index (χ1v) is 8.46. The first kappa shape index (κ1) is 15.5. The van der Waals surface area contributed by atoms with Crippen molar-refractivity contribution >= 4 is 34.6 Å². The smallest absolute Gasteiger partial charge is 0.269 e. The van der Waals surface area contributed by atoms with Crippen molar-refractivity contribution in [2.75, 3.05) is 5.32 Å². The van der Waals surface area contributed by atoms with E-state index in [-0.39, 0.29) is 28.5 Å². The van der Waals surface area contributed by atoms with Crippen molar-refractivity contribution < 1.29 is 4.92 Å². The number of nitrogens with one attached hydrogen (secondary N) is 1. The Balaban J connectivity index is 1.79. The van der Waals surface area contributed by atoms with Crippen molar-refractivity contribution in [3.8, 4) is 0 Å². The van der Waals surface area contributed by atoms with Gasteiger partial charge in [0.25, 0.3) is 5.69 Å². The molecule has 4 rings (SSSR count). The molecular formula is C18H14Cl2N2O2. The topological polar surface area (TPSA) is 55.2 Å². The van der Waals surface area contributed by atoms with Gasteiger partial charge in [0.15, 0.2) is 0 Å². The average molecular weight is 361 g/mol. The summed E-state index contributed by atoms with van der Waals surface area (Å²) in [4.78, 5) is 10.7. The maximum absolute atomic E-state index is 11.1. The molecule has 0 amide bonds. The van der Waals surface area contributed by atoms with Crippen LogP contribution in [0.2, 0.25) is 10.0 Å². The Hall–Kier alpha value is -2.04. The zero-order valence-corrected chi connectivity index (χ0v) is 14.1. The van der Waals surface area contributed by atoms with Crippen LogP contribution >= 0.6 is 23.2 Å². The molecular weight excluding hydrogens is 347 g/mol. The van der Waals surface area contributed by atoms with E-state index in [1.807, 2.05) is 12.1 Å². The van der Waals surface area contributed by atoms with Crippen LogP contribution in [0.1, 0.15) is 29.5 Å². The molecule has 0 bridgehead atoms. The summed E-state index contributed by atoms with van der Waals surface area (Å²) < 4.78 is 0. The monoisotopic (exact) mass is 360 g/mol. The Kier molecular flexibility index (Phi) is 3.74. The molecule has 122 valence electrons. The van der Waals surface area contributed by atoms with Crippen LogP contribution in [-0.2, 0) is 0 Å². The molecule has 4 nitrogen and oxygen atoms in total. The minimum atomic E-state index is -0.351. The van der Waals surface area contributed by atoms with Crippen molar-refractivity contribution in [1.29, 1.82) is 0 Å². The molecule has 1 aliphatic carbocycles. The number of fused-ring (bicyclic) bond motifs is 3. The van der Waals surface area contributed by atoms with E-state index in [9.17, 15) is 10.1 Å². The Morgan fingerprint density at radius 2 is 1.96 bits per heavy atom. The first-order chi connectivity index (χ1) is 11.5. The molecule has 0 fully saturated rings. The van der Waals surface area contributed by atoms with Crippen LogP contribution in [0.4, 0.5) is 11.4 Å². The lowest BCUT2D eigenvalue weighted by Crippen LogP contribution is -2.29. The molecule has 2 aromatic carbocycles. The highest BCUT2D eigenvalue weighted by Gasteiger charge is 2.39. The van der Waals surface area contributed by atoms with Gasteiger partial charge < -0.3 is 5.32 Å². The van der Waals surface area contributed by atoms with Crippen molar-refractivity contribution in [3.63, 3.8) is 0 Å². The molecule has 3 unspecified atom stereocenters. The van der Waals surface area contributed by atoms with Gasteiger partial charge >= 0.3 is 0 Å². The minimum Gasteiger partial charge on any atom is -0.378 e. The van der Waals surface area contributed by atoms with Crippen molar-refractivity contribution in [1.82, 2.24) is 0 Å². The summed E-state index contributed by atoms with van der Waals surface area (Å²) in [6, 6.07) is 10.6. The van der Waals surface area contributed by atoms with E-state index in [0.717, 1.165) is 23.2 Å². The van der Waals surface area contributed by atoms with Crippen molar-refractivity contribution in [3.05, 3.63) is 79.8 Å². The maximum Gasteiger partial charge on any atom is 0.269 e. The fraction of sp³-hybridized carbons (Fsp3) is 0.222. The van der Waals surface area contributed by atoms with Gasteiger partial charge in [-0.1, -0.05) is 41.4 Å². The lowest BCUT2D eigenvalue weighted by Gasteiger charge is -2.37. The number of anilines is 1. The molecule has 1 aliphatic heterocycles. The van der Waals surface area contributed by atoms with Gasteiger partial charge in [0.05, 0.1) is 11.0 Å². The first-order valence-electron chi connectivity index (χ1n) is 7.71. The lowest BCUT2D eigenvalue weighted by atomic mass is 9.77. The normalized spacial score (nSPS) is 24.2. The van der Waals surface area contributed by atoms with Crippen LogP contribution in [0.25, 0.3) is 0 Å². The molecule has 0 radical (unpaired) electrons. The predicted octanol–water partition coefficient (Wildman–Crippen LogP) is 5.73. The third-order valence-electron chi connectivity index (χ3n) is 4.85. The van der Waals surface area contributed by atoms with E-state index in [0.29, 0.717) is 10.0 Å². The highest BCUT2D eigenvalue weighted by atomic mass is 35.5. The van der Waals surface area contributed by atoms with E-state index in [4.69, 9.17) is 23.2 Å². The van der Waals surface area contributed by atoms with Crippen molar-refractivity contribution in [2.45, 2.75) is 18.4 Å². The van der Waals surface area contributed by atoms with Gasteiger partial charge in [-0.2, -0.15) is 0 Å². The number of hydrogen-bond donors (Lipinski definition) is 1. The number of nitro groups is 1. The maximum atomic E-state index is 11.1. The molecule has 2 aliphatic rings. The van der Waals surface area contributed by atoms with Gasteiger partial charge in [-0.3, -0.25) is 10.1 Å². The summed E-state index contributed by atoms with van der Waals surface area (Å²) >= 11 is 12.4. The zero-order chi connectivity index (χ0) is 16.8. The summed E-state index contributed by atoms with van der Waals surface area (Å²) in [6.45, 7) is 0. The second-order valence-electron chi connectivity index (χ2n) is 6.17. The Morgan fingerprint density at radius 1 is 1.12 bits per heavy atom. The van der Waals surface area contributed by atoms with E-state index >= 15 is 0 Å². The molecule has 0 spiro atoms. The van der Waals surface area contributed by atoms with Crippen molar-refractivity contribution in [2.24, 2.45) is 5.92 Å². The number of rotatable bonds is 2. The molecule has 6 heteroatoms. The third-order valence-corrected chi connectivity index (χ3v) is 5.42. The van der Waals surface area contributed by atoms with Gasteiger partial charge in [0.2, 0.25) is 0 Å². The SMILES string of the molecule is O=[N+]([O-])c1ccc2c(c1)C1C=CCC1C(c1ccc(Cl)cc1Cl)N2. The van der Waals surface area contributed by atoms with Gasteiger partial charge in [-0.05, 0) is 41.7 Å². The van der Waals surface area contributed by atoms with Gasteiger partial charge in [-0.15, -0.1) is 0 Å². The summed E-state index contributed by atoms with van der Waals surface area (Å²) in [5.41, 5.74) is 3.02. The van der Waals surface area contributed by atoms with Crippen LogP contribution in [0, 0.1) is 16.0 Å². The summed E-state index contributed by atoms with van der Waals surface area (Å²) in [5.74, 6) is 0.427. The number of non-ortho nitro benzene ring substituents is 1. The minimum absolute atomic E-state index is 0.0451. The van der Waals surface area contributed by atoms with Crippen LogP contribution in [0.3, 0.4) is 0 Å². The Bertz CT molecular complexity index is 866. The predicted molar refractivity (Wildman–Crippen MR) is 95.9 cm³/mol. The van der Waals surface area contributed by atoms with Crippen LogP contribution in [-0.4, -0.2) is 4.92 Å². The molecule has 0 saturated heterocycles. The molecule has 24 heavy (non-hydrogen) atoms. The van der Waals surface area contributed by atoms with Crippen LogP contribution in [0.15, 0.2) is 48.6 Å². The van der Waals surface area contributed by atoms with Gasteiger partial charge in [0.1, 0.15) is 0 Å². The lowest BCUT2D eigenvalue weighted by molar-refractivity contribution is -0.384. The molecule has 0 aromatic heterocycles. The summed E-state index contributed by atoms with van der Waals surface area (Å²) in [6.07, 6.45) is 5.19. The van der Waals surface area contributed by atoms with Crippen LogP contribution in [0.5, 0.6) is 0 Å². The van der Waals surface area contributed by atoms with Gasteiger partial charge in [-0.25, -0.2) is 0 Å². The largest absolute Gasteiger partial charge is 0.378 e. The number of nitro benzene ring substituents is 1. The highest BCUT2D eigenvalue weighted by Crippen LogP contribution is 2.51. The highest BCUT2D eigenvalue weighted by molar-refractivity contribution is 6.35. The second-order valence-corrected chi connectivity index (χ2v) is 7.01. The fourth-order valence-electron chi connectivity index (χ4n) is 3.76. The molecule has 2 aromatic rings. The van der Waals surface area contributed by atoms with Crippen LogP contribution < -0.4 is 5.32 Å². The number of allylic oxidation sites excluding steroid dienone is 2. The third kappa shape index (κ3) is 2.46. The quantitative estimate of drug-likeness (QED) is 0.422. The number of halogens is 2. The van der Waals surface area contributed by atoms with E-state index in [1.165, 1.54) is 6.07 Å². The standard InChI is InChI=1S/C18H14Cl2N2O2/c19-10-4-6-14(16(20)8-10)18-13-3-1-2-12(13)15-9-11(22(23)24)5-7-17(15)21-18/h1-2,4-9,12-13,18,21H,3H2. The second kappa shape index (κ2) is 5.80. The van der Waals surface area contributed by atoms with E-state index < -0.39 is 0 Å². The average Bonchev–Trinajstić information content (AvgIpc) is 3.04. The zero-order valence-electron chi connectivity index (χ0n) is 12.6. The number of hydrogen-bond acceptors (Lipinski definition) is 3. The Labute approximate surface area is 149 Å².